The van der Waals surface area contributed by atoms with E-state index in [4.69, 9.17) is 0 Å². The van der Waals surface area contributed by atoms with Crippen molar-refractivity contribution < 1.29 is 0 Å². The smallest absolute Gasteiger partial charge is 0.0821 e. The zero-order valence-corrected chi connectivity index (χ0v) is 11.1. The fourth-order valence-corrected chi connectivity index (χ4v) is 1.38. The predicted octanol–water partition coefficient (Wildman–Crippen LogP) is 3.48. The first-order valence-electron chi connectivity index (χ1n) is 5.70. The van der Waals surface area contributed by atoms with E-state index in [-0.39, 0.29) is 0 Å². The van der Waals surface area contributed by atoms with E-state index in [1.54, 1.807) is 0 Å². The van der Waals surface area contributed by atoms with Crippen molar-refractivity contribution in [2.24, 2.45) is 4.99 Å². The lowest BCUT2D eigenvalue weighted by molar-refractivity contribution is 0.508. The zero-order chi connectivity index (χ0) is 12.8. The molecule has 0 atom stereocenters. The molecule has 0 spiro atoms. The Labute approximate surface area is 104 Å². The molecule has 0 radical (unpaired) electrons. The molecule has 0 aromatic rings. The van der Waals surface area contributed by atoms with Crippen molar-refractivity contribution in [3.8, 4) is 0 Å². The molecule has 0 unspecified atom stereocenters. The highest BCUT2D eigenvalue weighted by molar-refractivity contribution is 6.11. The van der Waals surface area contributed by atoms with Gasteiger partial charge < -0.3 is 4.90 Å². The Morgan fingerprint density at radius 3 is 2.47 bits per heavy atom. The van der Waals surface area contributed by atoms with Gasteiger partial charge in [-0.3, -0.25) is 0 Å². The lowest BCUT2D eigenvalue weighted by Crippen LogP contribution is -2.11. The first kappa shape index (κ1) is 13.2. The fourth-order valence-electron chi connectivity index (χ4n) is 1.38. The summed E-state index contributed by atoms with van der Waals surface area (Å²) in [6.07, 6.45) is 11.9. The van der Waals surface area contributed by atoms with Gasteiger partial charge in [-0.2, -0.15) is 0 Å². The molecule has 0 aromatic heterocycles. The molecule has 0 saturated carbocycles. The Kier molecular flexibility index (Phi) is 4.70. The normalized spacial score (nSPS) is 19.1. The second-order valence-electron chi connectivity index (χ2n) is 4.11. The highest BCUT2D eigenvalue weighted by Gasteiger charge is 2.04. The van der Waals surface area contributed by atoms with Gasteiger partial charge in [0.05, 0.1) is 11.4 Å². The zero-order valence-electron chi connectivity index (χ0n) is 11.1. The summed E-state index contributed by atoms with van der Waals surface area (Å²) in [7, 11) is 4.04. The van der Waals surface area contributed by atoms with Gasteiger partial charge in [-0.15, -0.1) is 0 Å². The first-order chi connectivity index (χ1) is 8.06. The SMILES string of the molecule is C=C1C=CC=C/C1=N/C(/C=C/C)=C(\C)N(C)C. The highest BCUT2D eigenvalue weighted by atomic mass is 15.1. The van der Waals surface area contributed by atoms with Gasteiger partial charge in [0, 0.05) is 19.8 Å². The van der Waals surface area contributed by atoms with E-state index in [0.29, 0.717) is 0 Å². The molecular formula is C15H20N2. The van der Waals surface area contributed by atoms with Crippen molar-refractivity contribution in [2.45, 2.75) is 13.8 Å². The van der Waals surface area contributed by atoms with Gasteiger partial charge >= 0.3 is 0 Å². The highest BCUT2D eigenvalue weighted by Crippen LogP contribution is 2.14. The Morgan fingerprint density at radius 2 is 1.94 bits per heavy atom. The summed E-state index contributed by atoms with van der Waals surface area (Å²) < 4.78 is 0. The van der Waals surface area contributed by atoms with Crippen LogP contribution in [0.2, 0.25) is 0 Å². The number of hydrogen-bond acceptors (Lipinski definition) is 2. The molecule has 0 aromatic carbocycles. The number of rotatable bonds is 3. The van der Waals surface area contributed by atoms with Gasteiger partial charge in [0.15, 0.2) is 0 Å². The summed E-state index contributed by atoms with van der Waals surface area (Å²) in [6.45, 7) is 8.04. The van der Waals surface area contributed by atoms with Crippen LogP contribution in [0, 0.1) is 0 Å². The number of aliphatic imine (C=N–C) groups is 1. The van der Waals surface area contributed by atoms with Crippen LogP contribution in [0.4, 0.5) is 0 Å². The molecule has 1 aliphatic rings. The van der Waals surface area contributed by atoms with Crippen LogP contribution in [0.15, 0.2) is 65.0 Å². The van der Waals surface area contributed by atoms with Crippen LogP contribution < -0.4 is 0 Å². The van der Waals surface area contributed by atoms with Gasteiger partial charge in [0.2, 0.25) is 0 Å². The Hall–Kier alpha value is -1.83. The molecule has 2 nitrogen and oxygen atoms in total. The van der Waals surface area contributed by atoms with Crippen LogP contribution in [0.3, 0.4) is 0 Å². The molecule has 0 aliphatic heterocycles. The number of allylic oxidation sites excluding steroid dienone is 8. The minimum Gasteiger partial charge on any atom is -0.379 e. The summed E-state index contributed by atoms with van der Waals surface area (Å²) >= 11 is 0. The first-order valence-corrected chi connectivity index (χ1v) is 5.70. The van der Waals surface area contributed by atoms with E-state index in [1.165, 1.54) is 0 Å². The van der Waals surface area contributed by atoms with Crippen molar-refractivity contribution in [1.82, 2.24) is 4.90 Å². The lowest BCUT2D eigenvalue weighted by Gasteiger charge is -2.15. The van der Waals surface area contributed by atoms with Crippen LogP contribution in [0.5, 0.6) is 0 Å². The molecule has 0 N–H and O–H groups in total. The molecule has 1 rings (SSSR count). The van der Waals surface area contributed by atoms with Gasteiger partial charge in [-0.25, -0.2) is 4.99 Å². The van der Waals surface area contributed by atoms with Crippen molar-refractivity contribution in [3.05, 3.63) is 60.0 Å². The predicted molar refractivity (Wildman–Crippen MR) is 76.1 cm³/mol. The molecular weight excluding hydrogens is 208 g/mol. The van der Waals surface area contributed by atoms with E-state index in [9.17, 15) is 0 Å². The summed E-state index contributed by atoms with van der Waals surface area (Å²) in [6, 6.07) is 0. The molecule has 1 aliphatic carbocycles. The molecule has 0 saturated heterocycles. The molecule has 2 heteroatoms. The average Bonchev–Trinajstić information content (AvgIpc) is 2.30. The second kappa shape index (κ2) is 6.04. The minimum atomic E-state index is 0.918. The van der Waals surface area contributed by atoms with E-state index >= 15 is 0 Å². The summed E-state index contributed by atoms with van der Waals surface area (Å²) in [5.74, 6) is 0. The fraction of sp³-hybridized carbons (Fsp3) is 0.267. The molecule has 17 heavy (non-hydrogen) atoms. The van der Waals surface area contributed by atoms with Crippen molar-refractivity contribution in [3.63, 3.8) is 0 Å². The molecule has 90 valence electrons. The molecule has 0 heterocycles. The van der Waals surface area contributed by atoms with Gasteiger partial charge in [0.1, 0.15) is 0 Å². The third kappa shape index (κ3) is 3.59. The lowest BCUT2D eigenvalue weighted by atomic mass is 10.1. The monoisotopic (exact) mass is 228 g/mol. The van der Waals surface area contributed by atoms with Crippen molar-refractivity contribution >= 4 is 5.71 Å². The minimum absolute atomic E-state index is 0.918. The van der Waals surface area contributed by atoms with E-state index in [1.807, 2.05) is 57.5 Å². The summed E-state index contributed by atoms with van der Waals surface area (Å²) in [5, 5.41) is 0. The van der Waals surface area contributed by atoms with E-state index in [2.05, 4.69) is 23.4 Å². The summed E-state index contributed by atoms with van der Waals surface area (Å²) in [5.41, 5.74) is 3.96. The largest absolute Gasteiger partial charge is 0.379 e. The molecule has 0 bridgehead atoms. The third-order valence-electron chi connectivity index (χ3n) is 2.60. The maximum absolute atomic E-state index is 4.66. The van der Waals surface area contributed by atoms with Crippen molar-refractivity contribution in [2.75, 3.05) is 14.1 Å². The van der Waals surface area contributed by atoms with Crippen LogP contribution in [0.1, 0.15) is 13.8 Å². The number of nitrogens with zero attached hydrogens (tertiary/aromatic N) is 2. The Balaban J connectivity index is 3.15. The topological polar surface area (TPSA) is 15.6 Å². The maximum atomic E-state index is 4.66. The van der Waals surface area contributed by atoms with Crippen LogP contribution in [0.25, 0.3) is 0 Å². The van der Waals surface area contributed by atoms with Gasteiger partial charge in [0.25, 0.3) is 0 Å². The number of hydrogen-bond donors (Lipinski definition) is 0. The van der Waals surface area contributed by atoms with E-state index in [0.717, 1.165) is 22.7 Å². The standard InChI is InChI=1S/C15H20N2/c1-6-9-15(13(3)17(4)5)16-14-11-8-7-10-12(14)2/h6-11H,2H2,1,3-5H3/b9-6+,15-13+,16-14-. The maximum Gasteiger partial charge on any atom is 0.0821 e. The van der Waals surface area contributed by atoms with Crippen LogP contribution >= 0.6 is 0 Å². The van der Waals surface area contributed by atoms with Crippen LogP contribution in [-0.4, -0.2) is 24.7 Å². The Morgan fingerprint density at radius 1 is 1.29 bits per heavy atom. The van der Waals surface area contributed by atoms with Crippen LogP contribution in [-0.2, 0) is 0 Å². The van der Waals surface area contributed by atoms with Gasteiger partial charge in [-0.1, -0.05) is 30.9 Å². The third-order valence-corrected chi connectivity index (χ3v) is 2.60. The summed E-state index contributed by atoms with van der Waals surface area (Å²) in [4.78, 5) is 6.72. The second-order valence-corrected chi connectivity index (χ2v) is 4.11. The average molecular weight is 228 g/mol. The van der Waals surface area contributed by atoms with Gasteiger partial charge in [-0.05, 0) is 31.6 Å². The van der Waals surface area contributed by atoms with Crippen molar-refractivity contribution in [1.29, 1.82) is 0 Å². The van der Waals surface area contributed by atoms with E-state index < -0.39 is 0 Å². The Bertz CT molecular complexity index is 444. The molecule has 0 fully saturated rings. The quantitative estimate of drug-likeness (QED) is 0.675. The molecule has 0 amide bonds.